The predicted molar refractivity (Wildman–Crippen MR) is 62.9 cm³/mol. The molecule has 16 heavy (non-hydrogen) atoms. The van der Waals surface area contributed by atoms with Crippen LogP contribution in [0.5, 0.6) is 0 Å². The highest BCUT2D eigenvalue weighted by Crippen LogP contribution is 2.29. The van der Waals surface area contributed by atoms with E-state index in [0.29, 0.717) is 6.42 Å². The summed E-state index contributed by atoms with van der Waals surface area (Å²) in [5, 5.41) is 21.0. The van der Waals surface area contributed by atoms with Crippen LogP contribution in [0.1, 0.15) is 58.3 Å². The van der Waals surface area contributed by atoms with Gasteiger partial charge in [0.05, 0.1) is 0 Å². The second-order valence-electron chi connectivity index (χ2n) is 4.88. The first kappa shape index (κ1) is 13.4. The topological polar surface area (TPSA) is 63.4 Å². The fourth-order valence-corrected chi connectivity index (χ4v) is 2.60. The predicted octanol–water partition coefficient (Wildman–Crippen LogP) is 2.76. The molecule has 1 aliphatic carbocycles. The molecule has 0 radical (unpaired) electrons. The monoisotopic (exact) mass is 229 g/mol. The van der Waals surface area contributed by atoms with Gasteiger partial charge in [0, 0.05) is 11.3 Å². The minimum atomic E-state index is -0.747. The van der Waals surface area contributed by atoms with E-state index >= 15 is 0 Å². The van der Waals surface area contributed by atoms with Crippen molar-refractivity contribution in [3.8, 4) is 0 Å². The van der Waals surface area contributed by atoms with Crippen molar-refractivity contribution in [1.82, 2.24) is 0 Å². The van der Waals surface area contributed by atoms with Crippen LogP contribution in [0.3, 0.4) is 0 Å². The third-order valence-electron chi connectivity index (χ3n) is 3.65. The van der Waals surface area contributed by atoms with E-state index in [1.54, 1.807) is 0 Å². The van der Waals surface area contributed by atoms with Crippen molar-refractivity contribution in [2.75, 3.05) is 0 Å². The van der Waals surface area contributed by atoms with Gasteiger partial charge in [-0.1, -0.05) is 32.6 Å². The lowest BCUT2D eigenvalue weighted by Gasteiger charge is -2.28. The second-order valence-corrected chi connectivity index (χ2v) is 4.88. The highest BCUT2D eigenvalue weighted by atomic mass is 16.6. The number of hydrogen-bond donors (Lipinski definition) is 1. The van der Waals surface area contributed by atoms with Gasteiger partial charge in [0.2, 0.25) is 6.04 Å². The minimum Gasteiger partial charge on any atom is -0.386 e. The zero-order valence-electron chi connectivity index (χ0n) is 10.1. The van der Waals surface area contributed by atoms with Crippen LogP contribution in [0, 0.1) is 16.0 Å². The van der Waals surface area contributed by atoms with E-state index in [-0.39, 0.29) is 10.8 Å². The SMILES string of the molecule is CCCC[C@@H]([C@H](O)C1CCCCC1)[N+](=O)[O-]. The molecular weight excluding hydrogens is 206 g/mol. The molecule has 1 aliphatic rings. The molecule has 1 fully saturated rings. The molecule has 0 saturated heterocycles. The van der Waals surface area contributed by atoms with Gasteiger partial charge >= 0.3 is 0 Å². The Morgan fingerprint density at radius 2 is 2.00 bits per heavy atom. The molecule has 0 heterocycles. The summed E-state index contributed by atoms with van der Waals surface area (Å²) >= 11 is 0. The van der Waals surface area contributed by atoms with Gasteiger partial charge in [-0.15, -0.1) is 0 Å². The number of hydrogen-bond acceptors (Lipinski definition) is 3. The number of aliphatic hydroxyl groups excluding tert-OH is 1. The molecule has 0 amide bonds. The van der Waals surface area contributed by atoms with Crippen LogP contribution in [0.4, 0.5) is 0 Å². The van der Waals surface area contributed by atoms with Crippen molar-refractivity contribution in [2.45, 2.75) is 70.4 Å². The molecule has 0 aromatic rings. The van der Waals surface area contributed by atoms with Crippen molar-refractivity contribution in [3.63, 3.8) is 0 Å². The molecule has 4 nitrogen and oxygen atoms in total. The van der Waals surface area contributed by atoms with Crippen molar-refractivity contribution in [3.05, 3.63) is 10.1 Å². The lowest BCUT2D eigenvalue weighted by Crippen LogP contribution is -2.39. The summed E-state index contributed by atoms with van der Waals surface area (Å²) in [6.45, 7) is 2.02. The van der Waals surface area contributed by atoms with E-state index in [2.05, 4.69) is 0 Å². The summed E-state index contributed by atoms with van der Waals surface area (Å²) < 4.78 is 0. The Morgan fingerprint density at radius 1 is 1.38 bits per heavy atom. The maximum absolute atomic E-state index is 10.9. The maximum Gasteiger partial charge on any atom is 0.238 e. The highest BCUT2D eigenvalue weighted by molar-refractivity contribution is 4.79. The van der Waals surface area contributed by atoms with Crippen molar-refractivity contribution >= 4 is 0 Å². The summed E-state index contributed by atoms with van der Waals surface area (Å²) in [6, 6.07) is -0.747. The molecule has 4 heteroatoms. The molecule has 0 aliphatic heterocycles. The summed E-state index contributed by atoms with van der Waals surface area (Å²) in [5.74, 6) is 0.154. The van der Waals surface area contributed by atoms with Crippen molar-refractivity contribution < 1.29 is 10.0 Å². The van der Waals surface area contributed by atoms with Crippen molar-refractivity contribution in [2.24, 2.45) is 5.92 Å². The van der Waals surface area contributed by atoms with E-state index in [9.17, 15) is 15.2 Å². The van der Waals surface area contributed by atoms with Gasteiger partial charge in [-0.25, -0.2) is 0 Å². The normalized spacial score (nSPS) is 21.6. The fourth-order valence-electron chi connectivity index (χ4n) is 2.60. The molecule has 0 aromatic heterocycles. The third kappa shape index (κ3) is 3.74. The van der Waals surface area contributed by atoms with Crippen LogP contribution >= 0.6 is 0 Å². The maximum atomic E-state index is 10.9. The largest absolute Gasteiger partial charge is 0.386 e. The summed E-state index contributed by atoms with van der Waals surface area (Å²) in [6.07, 6.45) is 6.90. The molecular formula is C12H23NO3. The molecule has 1 N–H and O–H groups in total. The van der Waals surface area contributed by atoms with Gasteiger partial charge in [-0.2, -0.15) is 0 Å². The molecule has 1 saturated carbocycles. The standard InChI is InChI=1S/C12H23NO3/c1-2-3-9-11(13(15)16)12(14)10-7-5-4-6-8-10/h10-12,14H,2-9H2,1H3/t11-,12+/m0/s1. The smallest absolute Gasteiger partial charge is 0.238 e. The van der Waals surface area contributed by atoms with Gasteiger partial charge in [0.25, 0.3) is 0 Å². The van der Waals surface area contributed by atoms with Gasteiger partial charge < -0.3 is 5.11 Å². The van der Waals surface area contributed by atoms with E-state index in [4.69, 9.17) is 0 Å². The number of aliphatic hydroxyl groups is 1. The first-order chi connectivity index (χ1) is 7.66. The Bertz CT molecular complexity index is 214. The van der Waals surface area contributed by atoms with Crippen LogP contribution in [-0.2, 0) is 0 Å². The van der Waals surface area contributed by atoms with Crippen LogP contribution in [0.25, 0.3) is 0 Å². The Balaban J connectivity index is 2.50. The zero-order valence-corrected chi connectivity index (χ0v) is 10.1. The first-order valence-electron chi connectivity index (χ1n) is 6.48. The van der Waals surface area contributed by atoms with Crippen LogP contribution in [-0.4, -0.2) is 22.2 Å². The van der Waals surface area contributed by atoms with Crippen LogP contribution in [0.15, 0.2) is 0 Å². The Kier molecular flexibility index (Phi) is 5.74. The number of unbranched alkanes of at least 4 members (excludes halogenated alkanes) is 1. The highest BCUT2D eigenvalue weighted by Gasteiger charge is 2.35. The Hall–Kier alpha value is -0.640. The van der Waals surface area contributed by atoms with E-state index in [1.807, 2.05) is 6.92 Å². The van der Waals surface area contributed by atoms with E-state index in [1.165, 1.54) is 6.42 Å². The minimum absolute atomic E-state index is 0.154. The summed E-state index contributed by atoms with van der Waals surface area (Å²) in [7, 11) is 0. The fraction of sp³-hybridized carbons (Fsp3) is 1.00. The number of rotatable bonds is 6. The van der Waals surface area contributed by atoms with Crippen molar-refractivity contribution in [1.29, 1.82) is 0 Å². The van der Waals surface area contributed by atoms with E-state index < -0.39 is 12.1 Å². The molecule has 0 spiro atoms. The quantitative estimate of drug-likeness (QED) is 0.562. The third-order valence-corrected chi connectivity index (χ3v) is 3.65. The molecule has 94 valence electrons. The van der Waals surface area contributed by atoms with Gasteiger partial charge in [0.1, 0.15) is 6.10 Å². The second kappa shape index (κ2) is 6.84. The summed E-state index contributed by atoms with van der Waals surface area (Å²) in [4.78, 5) is 10.7. The molecule has 0 unspecified atom stereocenters. The van der Waals surface area contributed by atoms with Crippen LogP contribution in [0.2, 0.25) is 0 Å². The van der Waals surface area contributed by atoms with E-state index in [0.717, 1.165) is 38.5 Å². The number of nitro groups is 1. The number of nitrogens with zero attached hydrogens (tertiary/aromatic N) is 1. The summed E-state index contributed by atoms with van der Waals surface area (Å²) in [5.41, 5.74) is 0. The molecule has 0 bridgehead atoms. The lowest BCUT2D eigenvalue weighted by atomic mass is 9.82. The average Bonchev–Trinajstić information content (AvgIpc) is 2.30. The first-order valence-corrected chi connectivity index (χ1v) is 6.48. The molecule has 2 atom stereocenters. The van der Waals surface area contributed by atoms with Gasteiger partial charge in [-0.05, 0) is 25.2 Å². The van der Waals surface area contributed by atoms with Crippen LogP contribution < -0.4 is 0 Å². The van der Waals surface area contributed by atoms with Gasteiger partial charge in [0.15, 0.2) is 0 Å². The zero-order chi connectivity index (χ0) is 12.0. The Morgan fingerprint density at radius 3 is 2.50 bits per heavy atom. The Labute approximate surface area is 97.2 Å². The average molecular weight is 229 g/mol. The molecule has 1 rings (SSSR count). The lowest BCUT2D eigenvalue weighted by molar-refractivity contribution is -0.537. The molecule has 0 aromatic carbocycles. The van der Waals surface area contributed by atoms with Gasteiger partial charge in [-0.3, -0.25) is 10.1 Å².